The average molecular weight is 316 g/mol. The van der Waals surface area contributed by atoms with Crippen LogP contribution < -0.4 is 5.32 Å². The molecule has 1 atom stereocenters. The van der Waals surface area contributed by atoms with Gasteiger partial charge in [0, 0.05) is 17.5 Å². The molecule has 0 spiro atoms. The first kappa shape index (κ1) is 14.9. The van der Waals surface area contributed by atoms with E-state index in [9.17, 15) is 4.39 Å². The monoisotopic (exact) mass is 316 g/mol. The van der Waals surface area contributed by atoms with Crippen LogP contribution in [0.3, 0.4) is 0 Å². The highest BCUT2D eigenvalue weighted by Gasteiger charge is 2.10. The number of thiazole rings is 1. The van der Waals surface area contributed by atoms with Crippen LogP contribution in [0.1, 0.15) is 30.2 Å². The van der Waals surface area contributed by atoms with Gasteiger partial charge in [-0.3, -0.25) is 0 Å². The summed E-state index contributed by atoms with van der Waals surface area (Å²) in [4.78, 5) is 4.58. The van der Waals surface area contributed by atoms with E-state index in [-0.39, 0.29) is 11.9 Å². The summed E-state index contributed by atoms with van der Waals surface area (Å²) in [6, 6.07) is 10.5. The Morgan fingerprint density at radius 1 is 1.23 bits per heavy atom. The number of benzene rings is 1. The van der Waals surface area contributed by atoms with E-state index in [1.165, 1.54) is 12.1 Å². The molecule has 0 aliphatic heterocycles. The Morgan fingerprint density at radius 2 is 2.00 bits per heavy atom. The van der Waals surface area contributed by atoms with E-state index in [1.807, 2.05) is 24.4 Å². The second-order valence-electron chi connectivity index (χ2n) is 5.20. The zero-order valence-electron chi connectivity index (χ0n) is 12.5. The molecule has 0 bridgehead atoms. The summed E-state index contributed by atoms with van der Waals surface area (Å²) in [5.74, 6) is 1.60. The van der Waals surface area contributed by atoms with Crippen LogP contribution in [0.2, 0.25) is 0 Å². The number of nitrogens with zero attached hydrogens (tertiary/aromatic N) is 1. The van der Waals surface area contributed by atoms with Crippen LogP contribution in [0.25, 0.3) is 10.6 Å². The molecule has 0 saturated heterocycles. The van der Waals surface area contributed by atoms with Crippen LogP contribution in [0.5, 0.6) is 0 Å². The minimum atomic E-state index is -0.232. The highest BCUT2D eigenvalue weighted by molar-refractivity contribution is 7.13. The van der Waals surface area contributed by atoms with Crippen molar-refractivity contribution in [1.29, 1.82) is 0 Å². The van der Waals surface area contributed by atoms with Crippen LogP contribution in [0.15, 0.2) is 46.2 Å². The van der Waals surface area contributed by atoms with Crippen molar-refractivity contribution in [2.45, 2.75) is 26.4 Å². The van der Waals surface area contributed by atoms with Gasteiger partial charge >= 0.3 is 0 Å². The fourth-order valence-electron chi connectivity index (χ4n) is 2.16. The highest BCUT2D eigenvalue weighted by Crippen LogP contribution is 2.24. The van der Waals surface area contributed by atoms with Crippen molar-refractivity contribution in [3.05, 3.63) is 64.8 Å². The molecule has 5 heteroatoms. The first-order chi connectivity index (χ1) is 10.6. The van der Waals surface area contributed by atoms with E-state index in [1.54, 1.807) is 23.5 Å². The molecule has 0 aliphatic carbocycles. The maximum Gasteiger partial charge on any atom is 0.123 e. The van der Waals surface area contributed by atoms with Gasteiger partial charge in [-0.15, -0.1) is 11.3 Å². The van der Waals surface area contributed by atoms with E-state index in [4.69, 9.17) is 4.42 Å². The SMILES string of the molecule is Cc1ccc(C(C)NCc2csc(-c3ccc(F)cc3)n2)o1. The molecule has 3 rings (SSSR count). The molecule has 0 saturated carbocycles. The van der Waals surface area contributed by atoms with Gasteiger partial charge in [0.15, 0.2) is 0 Å². The van der Waals surface area contributed by atoms with Gasteiger partial charge in [0.2, 0.25) is 0 Å². The number of nitrogens with one attached hydrogen (secondary N) is 1. The molecule has 3 nitrogen and oxygen atoms in total. The van der Waals surface area contributed by atoms with Crippen LogP contribution in [-0.2, 0) is 6.54 Å². The van der Waals surface area contributed by atoms with E-state index in [0.29, 0.717) is 6.54 Å². The van der Waals surface area contributed by atoms with Gasteiger partial charge in [-0.25, -0.2) is 9.37 Å². The number of rotatable bonds is 5. The predicted molar refractivity (Wildman–Crippen MR) is 86.2 cm³/mol. The Balaban J connectivity index is 1.63. The van der Waals surface area contributed by atoms with E-state index in [2.05, 4.69) is 17.2 Å². The molecule has 0 radical (unpaired) electrons. The highest BCUT2D eigenvalue weighted by atomic mass is 32.1. The van der Waals surface area contributed by atoms with Crippen molar-refractivity contribution >= 4 is 11.3 Å². The summed E-state index contributed by atoms with van der Waals surface area (Å²) >= 11 is 1.56. The Hall–Kier alpha value is -1.98. The Labute approximate surface area is 132 Å². The summed E-state index contributed by atoms with van der Waals surface area (Å²) < 4.78 is 18.5. The minimum Gasteiger partial charge on any atom is -0.465 e. The Bertz CT molecular complexity index is 748. The second-order valence-corrected chi connectivity index (χ2v) is 6.06. The molecule has 1 aromatic carbocycles. The van der Waals surface area contributed by atoms with Crippen LogP contribution in [0.4, 0.5) is 4.39 Å². The first-order valence-corrected chi connectivity index (χ1v) is 8.00. The molecular weight excluding hydrogens is 299 g/mol. The zero-order valence-corrected chi connectivity index (χ0v) is 13.3. The van der Waals surface area contributed by atoms with Gasteiger partial charge in [-0.05, 0) is 50.2 Å². The third-order valence-corrected chi connectivity index (χ3v) is 4.36. The maximum absolute atomic E-state index is 12.9. The van der Waals surface area contributed by atoms with Gasteiger partial charge in [-0.1, -0.05) is 0 Å². The number of aryl methyl sites for hydroxylation is 1. The van der Waals surface area contributed by atoms with Crippen LogP contribution in [0, 0.1) is 12.7 Å². The van der Waals surface area contributed by atoms with Crippen molar-refractivity contribution in [3.63, 3.8) is 0 Å². The number of aromatic nitrogens is 1. The predicted octanol–water partition coefficient (Wildman–Crippen LogP) is 4.70. The summed E-state index contributed by atoms with van der Waals surface area (Å²) in [5.41, 5.74) is 1.91. The summed E-state index contributed by atoms with van der Waals surface area (Å²) in [7, 11) is 0. The van der Waals surface area contributed by atoms with E-state index < -0.39 is 0 Å². The molecule has 2 heterocycles. The van der Waals surface area contributed by atoms with Gasteiger partial charge in [0.25, 0.3) is 0 Å². The quantitative estimate of drug-likeness (QED) is 0.741. The average Bonchev–Trinajstić information content (AvgIpc) is 3.15. The standard InChI is InChI=1S/C17H17FN2OS/c1-11-3-8-16(21-11)12(2)19-9-15-10-22-17(20-15)13-4-6-14(18)7-5-13/h3-8,10,12,19H,9H2,1-2H3. The lowest BCUT2D eigenvalue weighted by Crippen LogP contribution is -2.17. The fourth-order valence-corrected chi connectivity index (χ4v) is 2.98. The molecule has 1 N–H and O–H groups in total. The normalized spacial score (nSPS) is 12.5. The zero-order chi connectivity index (χ0) is 15.5. The van der Waals surface area contributed by atoms with Crippen molar-refractivity contribution in [2.75, 3.05) is 0 Å². The van der Waals surface area contributed by atoms with Gasteiger partial charge < -0.3 is 9.73 Å². The van der Waals surface area contributed by atoms with Crippen molar-refractivity contribution in [2.24, 2.45) is 0 Å². The third-order valence-electron chi connectivity index (χ3n) is 3.42. The van der Waals surface area contributed by atoms with E-state index in [0.717, 1.165) is 27.8 Å². The third kappa shape index (κ3) is 3.43. The molecule has 1 unspecified atom stereocenters. The number of hydrogen-bond acceptors (Lipinski definition) is 4. The minimum absolute atomic E-state index is 0.129. The topological polar surface area (TPSA) is 38.1 Å². The Morgan fingerprint density at radius 3 is 2.68 bits per heavy atom. The molecule has 114 valence electrons. The van der Waals surface area contributed by atoms with Crippen molar-refractivity contribution < 1.29 is 8.81 Å². The molecular formula is C17H17FN2OS. The molecule has 22 heavy (non-hydrogen) atoms. The lowest BCUT2D eigenvalue weighted by molar-refractivity contribution is 0.415. The van der Waals surface area contributed by atoms with Crippen molar-refractivity contribution in [3.8, 4) is 10.6 Å². The Kier molecular flexibility index (Phi) is 4.36. The van der Waals surface area contributed by atoms with Gasteiger partial charge in [-0.2, -0.15) is 0 Å². The molecule has 2 aromatic heterocycles. The molecule has 0 fully saturated rings. The number of halogens is 1. The lowest BCUT2D eigenvalue weighted by Gasteiger charge is -2.09. The fraction of sp³-hybridized carbons (Fsp3) is 0.235. The largest absolute Gasteiger partial charge is 0.465 e. The number of furan rings is 1. The van der Waals surface area contributed by atoms with E-state index >= 15 is 0 Å². The molecule has 3 aromatic rings. The molecule has 0 aliphatic rings. The first-order valence-electron chi connectivity index (χ1n) is 7.12. The van der Waals surface area contributed by atoms with Crippen LogP contribution in [-0.4, -0.2) is 4.98 Å². The maximum atomic E-state index is 12.9. The summed E-state index contributed by atoms with van der Waals surface area (Å²) in [6.07, 6.45) is 0. The summed E-state index contributed by atoms with van der Waals surface area (Å²) in [5, 5.41) is 6.31. The van der Waals surface area contributed by atoms with Crippen molar-refractivity contribution in [1.82, 2.24) is 10.3 Å². The summed E-state index contributed by atoms with van der Waals surface area (Å²) in [6.45, 7) is 4.66. The second kappa shape index (κ2) is 6.42. The van der Waals surface area contributed by atoms with Crippen LogP contribution >= 0.6 is 11.3 Å². The number of hydrogen-bond donors (Lipinski definition) is 1. The van der Waals surface area contributed by atoms with Gasteiger partial charge in [0.05, 0.1) is 11.7 Å². The molecule has 0 amide bonds. The lowest BCUT2D eigenvalue weighted by atomic mass is 10.2. The van der Waals surface area contributed by atoms with Gasteiger partial charge in [0.1, 0.15) is 22.3 Å². The smallest absolute Gasteiger partial charge is 0.123 e.